The Hall–Kier alpha value is -1.75. The van der Waals surface area contributed by atoms with E-state index in [0.717, 1.165) is 18.1 Å². The topological polar surface area (TPSA) is 55.6 Å². The smallest absolute Gasteiger partial charge is 0.155 e. The Labute approximate surface area is 88.2 Å². The van der Waals surface area contributed by atoms with Crippen molar-refractivity contribution in [3.63, 3.8) is 0 Å². The molecule has 2 aromatic rings. The SMILES string of the molecule is CNCc1ccc(-n2cncn2)nc1C. The zero-order chi connectivity index (χ0) is 10.7. The number of aromatic nitrogens is 4. The van der Waals surface area contributed by atoms with Gasteiger partial charge in [-0.15, -0.1) is 0 Å². The molecule has 5 heteroatoms. The molecule has 0 saturated heterocycles. The average Bonchev–Trinajstić information content (AvgIpc) is 2.74. The highest BCUT2D eigenvalue weighted by atomic mass is 15.3. The van der Waals surface area contributed by atoms with Gasteiger partial charge in [0.25, 0.3) is 0 Å². The standard InChI is InChI=1S/C10H13N5/c1-8-9(5-11-2)3-4-10(14-8)15-7-12-6-13-15/h3-4,6-7,11H,5H2,1-2H3. The van der Waals surface area contributed by atoms with Gasteiger partial charge in [-0.05, 0) is 25.6 Å². The van der Waals surface area contributed by atoms with Crippen molar-refractivity contribution in [2.45, 2.75) is 13.5 Å². The zero-order valence-corrected chi connectivity index (χ0v) is 8.81. The van der Waals surface area contributed by atoms with Gasteiger partial charge in [0.05, 0.1) is 0 Å². The summed E-state index contributed by atoms with van der Waals surface area (Å²) in [5, 5.41) is 7.13. The number of nitrogens with zero attached hydrogens (tertiary/aromatic N) is 4. The van der Waals surface area contributed by atoms with Crippen LogP contribution in [-0.4, -0.2) is 26.8 Å². The van der Waals surface area contributed by atoms with E-state index in [4.69, 9.17) is 0 Å². The second kappa shape index (κ2) is 4.18. The van der Waals surface area contributed by atoms with Crippen LogP contribution in [0.25, 0.3) is 5.82 Å². The molecule has 0 amide bonds. The van der Waals surface area contributed by atoms with Crippen LogP contribution in [0.1, 0.15) is 11.3 Å². The summed E-state index contributed by atoms with van der Waals surface area (Å²) in [5.41, 5.74) is 2.21. The maximum Gasteiger partial charge on any atom is 0.155 e. The maximum atomic E-state index is 4.45. The molecule has 1 N–H and O–H groups in total. The third-order valence-corrected chi connectivity index (χ3v) is 2.20. The van der Waals surface area contributed by atoms with Crippen LogP contribution in [0, 0.1) is 6.92 Å². The Kier molecular flexibility index (Phi) is 2.73. The summed E-state index contributed by atoms with van der Waals surface area (Å²) in [6.07, 6.45) is 3.14. The molecule has 78 valence electrons. The second-order valence-corrected chi connectivity index (χ2v) is 3.28. The molecule has 0 aromatic carbocycles. The maximum absolute atomic E-state index is 4.45. The Morgan fingerprint density at radius 3 is 2.87 bits per heavy atom. The molecule has 0 aliphatic carbocycles. The molecule has 0 bridgehead atoms. The van der Waals surface area contributed by atoms with Gasteiger partial charge < -0.3 is 5.32 Å². The van der Waals surface area contributed by atoms with Crippen molar-refractivity contribution in [1.29, 1.82) is 0 Å². The molecule has 5 nitrogen and oxygen atoms in total. The number of pyridine rings is 1. The van der Waals surface area contributed by atoms with Crippen LogP contribution in [0.4, 0.5) is 0 Å². The second-order valence-electron chi connectivity index (χ2n) is 3.28. The van der Waals surface area contributed by atoms with Crippen LogP contribution in [0.5, 0.6) is 0 Å². The van der Waals surface area contributed by atoms with Crippen molar-refractivity contribution in [3.8, 4) is 5.82 Å². The first kappa shape index (κ1) is 9.79. The van der Waals surface area contributed by atoms with Crippen LogP contribution in [0.3, 0.4) is 0 Å². The summed E-state index contributed by atoms with van der Waals surface area (Å²) in [7, 11) is 1.92. The summed E-state index contributed by atoms with van der Waals surface area (Å²) in [6, 6.07) is 3.99. The first-order valence-electron chi connectivity index (χ1n) is 4.77. The average molecular weight is 203 g/mol. The van der Waals surface area contributed by atoms with Crippen LogP contribution in [-0.2, 0) is 6.54 Å². The minimum atomic E-state index is 0.796. The lowest BCUT2D eigenvalue weighted by molar-refractivity contribution is 0.790. The van der Waals surface area contributed by atoms with Gasteiger partial charge >= 0.3 is 0 Å². The Morgan fingerprint density at radius 1 is 1.40 bits per heavy atom. The van der Waals surface area contributed by atoms with Gasteiger partial charge in [0, 0.05) is 12.2 Å². The molecule has 0 atom stereocenters. The molecule has 2 aromatic heterocycles. The number of aryl methyl sites for hydroxylation is 1. The van der Waals surface area contributed by atoms with Gasteiger partial charge in [0.2, 0.25) is 0 Å². The van der Waals surface area contributed by atoms with E-state index in [1.54, 1.807) is 11.0 Å². The lowest BCUT2D eigenvalue weighted by Gasteiger charge is -2.06. The van der Waals surface area contributed by atoms with Gasteiger partial charge in [-0.3, -0.25) is 0 Å². The summed E-state index contributed by atoms with van der Waals surface area (Å²) in [5.74, 6) is 0.796. The largest absolute Gasteiger partial charge is 0.316 e. The fourth-order valence-electron chi connectivity index (χ4n) is 1.41. The van der Waals surface area contributed by atoms with Gasteiger partial charge in [0.1, 0.15) is 12.7 Å². The number of hydrogen-bond donors (Lipinski definition) is 1. The molecule has 2 heterocycles. The van der Waals surface area contributed by atoms with Crippen molar-refractivity contribution < 1.29 is 0 Å². The Balaban J connectivity index is 2.33. The minimum absolute atomic E-state index is 0.796. The van der Waals surface area contributed by atoms with Crippen LogP contribution in [0.2, 0.25) is 0 Å². The van der Waals surface area contributed by atoms with Crippen molar-refractivity contribution in [2.75, 3.05) is 7.05 Å². The summed E-state index contributed by atoms with van der Waals surface area (Å²) in [6.45, 7) is 2.82. The van der Waals surface area contributed by atoms with Crippen LogP contribution < -0.4 is 5.32 Å². The molecule has 15 heavy (non-hydrogen) atoms. The van der Waals surface area contributed by atoms with Gasteiger partial charge in [-0.1, -0.05) is 6.07 Å². The number of hydrogen-bond acceptors (Lipinski definition) is 4. The highest BCUT2D eigenvalue weighted by molar-refractivity contribution is 5.29. The van der Waals surface area contributed by atoms with Crippen molar-refractivity contribution in [2.24, 2.45) is 0 Å². The fraction of sp³-hybridized carbons (Fsp3) is 0.300. The summed E-state index contributed by atoms with van der Waals surface area (Å²) in [4.78, 5) is 8.34. The lowest BCUT2D eigenvalue weighted by Crippen LogP contribution is -2.09. The fourth-order valence-corrected chi connectivity index (χ4v) is 1.41. The first-order chi connectivity index (χ1) is 7.31. The molecule has 2 rings (SSSR count). The molecule has 0 radical (unpaired) electrons. The van der Waals surface area contributed by atoms with E-state index >= 15 is 0 Å². The van der Waals surface area contributed by atoms with E-state index in [1.807, 2.05) is 20.0 Å². The predicted octanol–water partition coefficient (Wildman–Crippen LogP) is 0.690. The Morgan fingerprint density at radius 2 is 2.27 bits per heavy atom. The highest BCUT2D eigenvalue weighted by Gasteiger charge is 2.02. The molecule has 0 fully saturated rings. The highest BCUT2D eigenvalue weighted by Crippen LogP contribution is 2.08. The molecule has 0 saturated carbocycles. The summed E-state index contributed by atoms with van der Waals surface area (Å²) < 4.78 is 1.65. The minimum Gasteiger partial charge on any atom is -0.316 e. The zero-order valence-electron chi connectivity index (χ0n) is 8.81. The number of nitrogens with one attached hydrogen (secondary N) is 1. The molecule has 0 spiro atoms. The van der Waals surface area contributed by atoms with E-state index in [-0.39, 0.29) is 0 Å². The van der Waals surface area contributed by atoms with Crippen LogP contribution >= 0.6 is 0 Å². The molecular weight excluding hydrogens is 190 g/mol. The van der Waals surface area contributed by atoms with Gasteiger partial charge in [-0.25, -0.2) is 14.6 Å². The molecule has 0 aliphatic rings. The molecule has 0 unspecified atom stereocenters. The third-order valence-electron chi connectivity index (χ3n) is 2.20. The van der Waals surface area contributed by atoms with Gasteiger partial charge in [0.15, 0.2) is 5.82 Å². The third kappa shape index (κ3) is 2.02. The van der Waals surface area contributed by atoms with Crippen molar-refractivity contribution in [3.05, 3.63) is 36.0 Å². The number of rotatable bonds is 3. The molecular formula is C10H13N5. The quantitative estimate of drug-likeness (QED) is 0.797. The van der Waals surface area contributed by atoms with E-state index in [0.29, 0.717) is 0 Å². The molecule has 0 aliphatic heterocycles. The monoisotopic (exact) mass is 203 g/mol. The van der Waals surface area contributed by atoms with E-state index in [9.17, 15) is 0 Å². The Bertz CT molecular complexity index is 435. The van der Waals surface area contributed by atoms with E-state index < -0.39 is 0 Å². The van der Waals surface area contributed by atoms with Crippen molar-refractivity contribution >= 4 is 0 Å². The van der Waals surface area contributed by atoms with Gasteiger partial charge in [-0.2, -0.15) is 5.10 Å². The summed E-state index contributed by atoms with van der Waals surface area (Å²) >= 11 is 0. The predicted molar refractivity (Wildman–Crippen MR) is 56.7 cm³/mol. The van der Waals surface area contributed by atoms with E-state index in [2.05, 4.69) is 26.4 Å². The van der Waals surface area contributed by atoms with Crippen molar-refractivity contribution in [1.82, 2.24) is 25.1 Å². The normalized spacial score (nSPS) is 10.5. The lowest BCUT2D eigenvalue weighted by atomic mass is 10.2. The van der Waals surface area contributed by atoms with Crippen LogP contribution in [0.15, 0.2) is 24.8 Å². The van der Waals surface area contributed by atoms with E-state index in [1.165, 1.54) is 11.9 Å². The first-order valence-corrected chi connectivity index (χ1v) is 4.77.